The van der Waals surface area contributed by atoms with Crippen LogP contribution >= 0.6 is 0 Å². The van der Waals surface area contributed by atoms with Crippen LogP contribution in [0.15, 0.2) is 36.5 Å². The fraction of sp³-hybridized carbons (Fsp3) is 0.385. The molecular weight excluding hydrogens is 226 g/mol. The molecule has 5 nitrogen and oxygen atoms in total. The highest BCUT2D eigenvalue weighted by Crippen LogP contribution is 2.07. The molecule has 1 heterocycles. The Labute approximate surface area is 107 Å². The molecule has 0 amide bonds. The number of benzene rings is 1. The first-order chi connectivity index (χ1) is 8.78. The zero-order chi connectivity index (χ0) is 12.8. The summed E-state index contributed by atoms with van der Waals surface area (Å²) in [7, 11) is 1.83. The van der Waals surface area contributed by atoms with E-state index in [1.165, 1.54) is 5.56 Å². The SMILES string of the molecule is Cn1ncc(CN(CCN)Cc2ccccc2)n1. The number of hydrogen-bond acceptors (Lipinski definition) is 4. The normalized spacial score (nSPS) is 11.1. The standard InChI is InChI=1S/C13H19N5/c1-17-15-9-13(16-17)11-18(8-7-14)10-12-5-3-2-4-6-12/h2-6,9H,7-8,10-11,14H2,1H3. The van der Waals surface area contributed by atoms with Gasteiger partial charge in [-0.15, -0.1) is 0 Å². The van der Waals surface area contributed by atoms with E-state index in [4.69, 9.17) is 5.73 Å². The van der Waals surface area contributed by atoms with E-state index in [2.05, 4.69) is 39.4 Å². The Kier molecular flexibility index (Phi) is 4.44. The molecule has 0 aliphatic carbocycles. The van der Waals surface area contributed by atoms with Gasteiger partial charge in [0.25, 0.3) is 0 Å². The Morgan fingerprint density at radius 1 is 1.22 bits per heavy atom. The summed E-state index contributed by atoms with van der Waals surface area (Å²) in [6.07, 6.45) is 1.80. The van der Waals surface area contributed by atoms with Gasteiger partial charge in [-0.05, 0) is 5.56 Å². The van der Waals surface area contributed by atoms with Crippen LogP contribution in [0.25, 0.3) is 0 Å². The van der Waals surface area contributed by atoms with Crippen LogP contribution < -0.4 is 5.73 Å². The molecule has 0 saturated carbocycles. The van der Waals surface area contributed by atoms with Crippen molar-refractivity contribution in [1.29, 1.82) is 0 Å². The van der Waals surface area contributed by atoms with Gasteiger partial charge in [-0.2, -0.15) is 15.0 Å². The molecule has 2 rings (SSSR count). The largest absolute Gasteiger partial charge is 0.329 e. The molecule has 0 aliphatic heterocycles. The summed E-state index contributed by atoms with van der Waals surface area (Å²) in [6, 6.07) is 10.4. The molecule has 18 heavy (non-hydrogen) atoms. The third-order valence-electron chi connectivity index (χ3n) is 2.73. The van der Waals surface area contributed by atoms with Crippen LogP contribution in [0.3, 0.4) is 0 Å². The number of rotatable bonds is 6. The van der Waals surface area contributed by atoms with E-state index in [0.29, 0.717) is 6.54 Å². The molecule has 0 bridgehead atoms. The second kappa shape index (κ2) is 6.28. The van der Waals surface area contributed by atoms with Crippen molar-refractivity contribution >= 4 is 0 Å². The van der Waals surface area contributed by atoms with E-state index in [9.17, 15) is 0 Å². The minimum atomic E-state index is 0.646. The summed E-state index contributed by atoms with van der Waals surface area (Å²) >= 11 is 0. The quantitative estimate of drug-likeness (QED) is 0.817. The second-order valence-electron chi connectivity index (χ2n) is 4.31. The molecule has 2 aromatic rings. The predicted octanol–water partition coefficient (Wildman–Crippen LogP) is 0.776. The highest BCUT2D eigenvalue weighted by atomic mass is 15.5. The maximum atomic E-state index is 5.66. The van der Waals surface area contributed by atoms with Gasteiger partial charge in [0, 0.05) is 33.2 Å². The molecule has 0 radical (unpaired) electrons. The van der Waals surface area contributed by atoms with E-state index < -0.39 is 0 Å². The topological polar surface area (TPSA) is 60.0 Å². The number of aryl methyl sites for hydroxylation is 1. The Balaban J connectivity index is 1.99. The van der Waals surface area contributed by atoms with Gasteiger partial charge in [0.1, 0.15) is 0 Å². The van der Waals surface area contributed by atoms with Crippen molar-refractivity contribution in [2.45, 2.75) is 13.1 Å². The number of aromatic nitrogens is 3. The first-order valence-electron chi connectivity index (χ1n) is 6.09. The summed E-state index contributed by atoms with van der Waals surface area (Å²) in [5.74, 6) is 0. The molecule has 0 unspecified atom stereocenters. The summed E-state index contributed by atoms with van der Waals surface area (Å²) in [5.41, 5.74) is 7.92. The minimum Gasteiger partial charge on any atom is -0.329 e. The number of nitrogens with zero attached hydrogens (tertiary/aromatic N) is 4. The maximum Gasteiger partial charge on any atom is 0.0967 e. The second-order valence-corrected chi connectivity index (χ2v) is 4.31. The third-order valence-corrected chi connectivity index (χ3v) is 2.73. The first-order valence-corrected chi connectivity index (χ1v) is 6.09. The van der Waals surface area contributed by atoms with Crippen molar-refractivity contribution in [2.75, 3.05) is 13.1 Å². The summed E-state index contributed by atoms with van der Waals surface area (Å²) in [4.78, 5) is 3.86. The fourth-order valence-electron chi connectivity index (χ4n) is 1.93. The van der Waals surface area contributed by atoms with E-state index in [-0.39, 0.29) is 0 Å². The molecule has 0 spiro atoms. The number of nitrogens with two attached hydrogens (primary N) is 1. The molecule has 0 fully saturated rings. The predicted molar refractivity (Wildman–Crippen MR) is 70.6 cm³/mol. The van der Waals surface area contributed by atoms with Crippen molar-refractivity contribution < 1.29 is 0 Å². The highest BCUT2D eigenvalue weighted by Gasteiger charge is 2.08. The molecule has 96 valence electrons. The lowest BCUT2D eigenvalue weighted by atomic mass is 10.2. The van der Waals surface area contributed by atoms with Crippen molar-refractivity contribution in [3.63, 3.8) is 0 Å². The number of hydrogen-bond donors (Lipinski definition) is 1. The van der Waals surface area contributed by atoms with Crippen LogP contribution in [-0.4, -0.2) is 33.0 Å². The average Bonchev–Trinajstić information content (AvgIpc) is 2.76. The van der Waals surface area contributed by atoms with Crippen molar-refractivity contribution in [3.8, 4) is 0 Å². The molecule has 0 atom stereocenters. The molecule has 2 N–H and O–H groups in total. The first kappa shape index (κ1) is 12.7. The van der Waals surface area contributed by atoms with Crippen molar-refractivity contribution in [3.05, 3.63) is 47.8 Å². The van der Waals surface area contributed by atoms with Crippen LogP contribution in [0.1, 0.15) is 11.3 Å². The minimum absolute atomic E-state index is 0.646. The molecule has 0 aliphatic rings. The van der Waals surface area contributed by atoms with Crippen molar-refractivity contribution in [1.82, 2.24) is 19.9 Å². The van der Waals surface area contributed by atoms with Gasteiger partial charge in [-0.1, -0.05) is 30.3 Å². The zero-order valence-corrected chi connectivity index (χ0v) is 10.7. The molecule has 5 heteroatoms. The Bertz CT molecular complexity index is 465. The van der Waals surface area contributed by atoms with Gasteiger partial charge in [-0.25, -0.2) is 0 Å². The van der Waals surface area contributed by atoms with E-state index in [1.807, 2.05) is 13.1 Å². The van der Waals surface area contributed by atoms with Gasteiger partial charge in [0.2, 0.25) is 0 Å². The highest BCUT2D eigenvalue weighted by molar-refractivity contribution is 5.14. The van der Waals surface area contributed by atoms with Gasteiger partial charge >= 0.3 is 0 Å². The van der Waals surface area contributed by atoms with Crippen LogP contribution in [0.2, 0.25) is 0 Å². The molecular formula is C13H19N5. The molecule has 1 aromatic carbocycles. The van der Waals surface area contributed by atoms with Crippen molar-refractivity contribution in [2.24, 2.45) is 12.8 Å². The van der Waals surface area contributed by atoms with Gasteiger partial charge in [0.05, 0.1) is 11.9 Å². The molecule has 0 saturated heterocycles. The smallest absolute Gasteiger partial charge is 0.0967 e. The average molecular weight is 245 g/mol. The Morgan fingerprint density at radius 3 is 2.61 bits per heavy atom. The Hall–Kier alpha value is -1.72. The van der Waals surface area contributed by atoms with Crippen LogP contribution in [-0.2, 0) is 20.1 Å². The van der Waals surface area contributed by atoms with Crippen LogP contribution in [0.5, 0.6) is 0 Å². The van der Waals surface area contributed by atoms with E-state index in [0.717, 1.165) is 25.3 Å². The zero-order valence-electron chi connectivity index (χ0n) is 10.7. The summed E-state index contributed by atoms with van der Waals surface area (Å²) in [5, 5.41) is 8.38. The lowest BCUT2D eigenvalue weighted by Gasteiger charge is -2.20. The van der Waals surface area contributed by atoms with E-state index >= 15 is 0 Å². The van der Waals surface area contributed by atoms with Crippen LogP contribution in [0, 0.1) is 0 Å². The lowest BCUT2D eigenvalue weighted by Crippen LogP contribution is -2.28. The fourth-order valence-corrected chi connectivity index (χ4v) is 1.93. The lowest BCUT2D eigenvalue weighted by molar-refractivity contribution is 0.260. The van der Waals surface area contributed by atoms with Gasteiger partial charge < -0.3 is 5.73 Å². The summed E-state index contributed by atoms with van der Waals surface area (Å²) in [6.45, 7) is 3.16. The monoisotopic (exact) mass is 245 g/mol. The maximum absolute atomic E-state index is 5.66. The molecule has 1 aromatic heterocycles. The van der Waals surface area contributed by atoms with Gasteiger partial charge in [0.15, 0.2) is 0 Å². The Morgan fingerprint density at radius 2 is 2.00 bits per heavy atom. The van der Waals surface area contributed by atoms with Crippen LogP contribution in [0.4, 0.5) is 0 Å². The van der Waals surface area contributed by atoms with Gasteiger partial charge in [-0.3, -0.25) is 4.90 Å². The summed E-state index contributed by atoms with van der Waals surface area (Å²) < 4.78 is 0. The van der Waals surface area contributed by atoms with E-state index in [1.54, 1.807) is 11.0 Å². The third kappa shape index (κ3) is 3.65.